The van der Waals surface area contributed by atoms with Crippen molar-refractivity contribution in [3.8, 4) is 16.1 Å². The van der Waals surface area contributed by atoms with Crippen molar-refractivity contribution in [3.63, 3.8) is 0 Å². The van der Waals surface area contributed by atoms with E-state index in [9.17, 15) is 4.79 Å². The molecule has 3 heterocycles. The highest BCUT2D eigenvalue weighted by Gasteiger charge is 2.35. The summed E-state index contributed by atoms with van der Waals surface area (Å²) in [7, 11) is 0. The molecule has 2 atom stereocenters. The van der Waals surface area contributed by atoms with Crippen LogP contribution in [0.15, 0.2) is 70.1 Å². The van der Waals surface area contributed by atoms with Crippen LogP contribution in [0.5, 0.6) is 0 Å². The monoisotopic (exact) mass is 577 g/mol. The summed E-state index contributed by atoms with van der Waals surface area (Å²) >= 11 is 9.64. The quantitative estimate of drug-likeness (QED) is 0.197. The zero-order chi connectivity index (χ0) is 27.7. The molecule has 0 aliphatic rings. The lowest BCUT2D eigenvalue weighted by molar-refractivity contribution is 0.398. The maximum absolute atomic E-state index is 13.9. The smallest absolute Gasteiger partial charge is 0.267 e. The highest BCUT2D eigenvalue weighted by molar-refractivity contribution is 8.00. The van der Waals surface area contributed by atoms with Crippen LogP contribution in [0.2, 0.25) is 5.02 Å². The van der Waals surface area contributed by atoms with Gasteiger partial charge in [-0.1, -0.05) is 61.5 Å². The normalized spacial score (nSPS) is 13.8. The second kappa shape index (κ2) is 11.0. The molecule has 39 heavy (non-hydrogen) atoms. The molecule has 0 saturated carbocycles. The third-order valence-electron chi connectivity index (χ3n) is 7.10. The highest BCUT2D eigenvalue weighted by Crippen LogP contribution is 2.39. The highest BCUT2D eigenvalue weighted by atomic mass is 35.5. The standard InChI is InChI=1S/C28H28ClN7OS2/c1-5-28(3,35-23-18(14-31-26(30)34-23)21-15-32-27(38-4)39-21)16(2)24-33-20-13-9-12-19(29)22(20)25(37)36(24)17-10-7-6-8-11-17/h6-16H,5H2,1-4H3,(H3,30,31,34,35). The molecule has 0 aliphatic heterocycles. The number of halogens is 1. The molecule has 200 valence electrons. The van der Waals surface area contributed by atoms with Gasteiger partial charge in [-0.25, -0.2) is 15.0 Å². The van der Waals surface area contributed by atoms with Crippen molar-refractivity contribution < 1.29 is 0 Å². The number of hydrogen-bond acceptors (Lipinski definition) is 9. The Hall–Kier alpha value is -3.47. The Balaban J connectivity index is 1.66. The molecule has 3 N–H and O–H groups in total. The molecular formula is C28H28ClN7OS2. The van der Waals surface area contributed by atoms with Gasteiger partial charge in [0.2, 0.25) is 5.95 Å². The van der Waals surface area contributed by atoms with E-state index in [-0.39, 0.29) is 17.4 Å². The number of thioether (sulfide) groups is 1. The van der Waals surface area contributed by atoms with E-state index in [2.05, 4.69) is 41.0 Å². The summed E-state index contributed by atoms with van der Waals surface area (Å²) in [5.74, 6) is 1.14. The van der Waals surface area contributed by atoms with Gasteiger partial charge in [0.25, 0.3) is 5.56 Å². The molecule has 0 amide bonds. The third kappa shape index (κ3) is 5.11. The van der Waals surface area contributed by atoms with Gasteiger partial charge in [-0.05, 0) is 43.9 Å². The molecule has 0 radical (unpaired) electrons. The van der Waals surface area contributed by atoms with E-state index >= 15 is 0 Å². The lowest BCUT2D eigenvalue weighted by Gasteiger charge is -2.37. The lowest BCUT2D eigenvalue weighted by Crippen LogP contribution is -2.42. The van der Waals surface area contributed by atoms with Crippen LogP contribution in [-0.2, 0) is 0 Å². The number of thiazole rings is 1. The van der Waals surface area contributed by atoms with Crippen molar-refractivity contribution in [2.75, 3.05) is 17.3 Å². The van der Waals surface area contributed by atoms with E-state index in [4.69, 9.17) is 22.3 Å². The summed E-state index contributed by atoms with van der Waals surface area (Å²) in [6.45, 7) is 6.26. The molecule has 0 spiro atoms. The molecular weight excluding hydrogens is 550 g/mol. The summed E-state index contributed by atoms with van der Waals surface area (Å²) in [5.41, 5.74) is 7.33. The van der Waals surface area contributed by atoms with Crippen molar-refractivity contribution >= 4 is 57.4 Å². The van der Waals surface area contributed by atoms with E-state index in [0.29, 0.717) is 34.0 Å². The topological polar surface area (TPSA) is 112 Å². The first-order valence-corrected chi connectivity index (χ1v) is 14.8. The fourth-order valence-corrected chi connectivity index (χ4v) is 6.20. The predicted molar refractivity (Wildman–Crippen MR) is 162 cm³/mol. The average molecular weight is 578 g/mol. The third-order valence-corrected chi connectivity index (χ3v) is 9.45. The van der Waals surface area contributed by atoms with E-state index in [1.165, 1.54) is 0 Å². The largest absolute Gasteiger partial charge is 0.368 e. The molecule has 0 aliphatic carbocycles. The minimum atomic E-state index is -0.579. The van der Waals surface area contributed by atoms with Crippen LogP contribution < -0.4 is 16.6 Å². The number of rotatable bonds is 8. The Kier molecular flexibility index (Phi) is 7.61. The zero-order valence-corrected chi connectivity index (χ0v) is 24.4. The first kappa shape index (κ1) is 27.1. The van der Waals surface area contributed by atoms with Crippen LogP contribution in [0.4, 0.5) is 11.8 Å². The fraction of sp³-hybridized carbons (Fsp3) is 0.250. The Morgan fingerprint density at radius 2 is 1.90 bits per heavy atom. The van der Waals surface area contributed by atoms with Gasteiger partial charge in [-0.2, -0.15) is 4.98 Å². The number of benzene rings is 2. The maximum Gasteiger partial charge on any atom is 0.267 e. The number of nitrogen functional groups attached to an aromatic ring is 1. The van der Waals surface area contributed by atoms with E-state index in [0.717, 1.165) is 20.5 Å². The van der Waals surface area contributed by atoms with Crippen molar-refractivity contribution in [1.29, 1.82) is 0 Å². The molecule has 0 bridgehead atoms. The Labute approximate surface area is 239 Å². The van der Waals surface area contributed by atoms with Crippen molar-refractivity contribution in [1.82, 2.24) is 24.5 Å². The molecule has 5 aromatic rings. The summed E-state index contributed by atoms with van der Waals surface area (Å²) < 4.78 is 2.61. The number of fused-ring (bicyclic) bond motifs is 1. The van der Waals surface area contributed by atoms with Crippen molar-refractivity contribution in [2.45, 2.75) is 43.0 Å². The number of anilines is 2. The van der Waals surface area contributed by atoms with Crippen LogP contribution >= 0.6 is 34.7 Å². The van der Waals surface area contributed by atoms with Gasteiger partial charge in [0, 0.05) is 23.9 Å². The number of hydrogen-bond donors (Lipinski definition) is 2. The zero-order valence-electron chi connectivity index (χ0n) is 22.0. The minimum absolute atomic E-state index is 0.168. The van der Waals surface area contributed by atoms with Crippen LogP contribution in [0.3, 0.4) is 0 Å². The number of nitrogens with one attached hydrogen (secondary N) is 1. The molecule has 0 fully saturated rings. The molecule has 5 rings (SSSR count). The number of para-hydroxylation sites is 1. The SMILES string of the molecule is CCC(C)(Nc1nc(N)ncc1-c1cnc(SC)s1)C(C)c1nc2cccc(Cl)c2c(=O)n1-c1ccccc1. The summed E-state index contributed by atoms with van der Waals surface area (Å²) in [4.78, 5) is 33.2. The summed E-state index contributed by atoms with van der Waals surface area (Å²) in [6.07, 6.45) is 6.24. The van der Waals surface area contributed by atoms with E-state index < -0.39 is 5.54 Å². The van der Waals surface area contributed by atoms with E-state index in [1.807, 2.05) is 54.9 Å². The molecule has 8 nitrogen and oxygen atoms in total. The van der Waals surface area contributed by atoms with Crippen LogP contribution in [-0.4, -0.2) is 36.3 Å². The first-order chi connectivity index (χ1) is 18.8. The van der Waals surface area contributed by atoms with Crippen molar-refractivity contribution in [2.24, 2.45) is 0 Å². The van der Waals surface area contributed by atoms with Crippen LogP contribution in [0.1, 0.15) is 38.9 Å². The molecule has 11 heteroatoms. The van der Waals surface area contributed by atoms with Gasteiger partial charge < -0.3 is 11.1 Å². The van der Waals surface area contributed by atoms with Gasteiger partial charge in [0.1, 0.15) is 16.0 Å². The predicted octanol–water partition coefficient (Wildman–Crippen LogP) is 6.64. The molecule has 0 saturated heterocycles. The van der Waals surface area contributed by atoms with Gasteiger partial charge >= 0.3 is 0 Å². The molecule has 3 aromatic heterocycles. The Morgan fingerprint density at radius 1 is 1.13 bits per heavy atom. The van der Waals surface area contributed by atoms with E-state index in [1.54, 1.807) is 39.9 Å². The van der Waals surface area contributed by atoms with Gasteiger partial charge in [0.05, 0.1) is 32.1 Å². The second-order valence-corrected chi connectivity index (χ2v) is 11.9. The van der Waals surface area contributed by atoms with Crippen molar-refractivity contribution in [3.05, 3.63) is 82.1 Å². The number of nitrogens with zero attached hydrogens (tertiary/aromatic N) is 5. The molecule has 2 unspecified atom stereocenters. The summed E-state index contributed by atoms with van der Waals surface area (Å²) in [6, 6.07) is 14.9. The molecule has 2 aromatic carbocycles. The van der Waals surface area contributed by atoms with Crippen LogP contribution in [0.25, 0.3) is 27.0 Å². The lowest BCUT2D eigenvalue weighted by atomic mass is 9.83. The fourth-order valence-electron chi connectivity index (χ4n) is 4.53. The average Bonchev–Trinajstić information content (AvgIpc) is 3.42. The first-order valence-electron chi connectivity index (χ1n) is 12.4. The Morgan fingerprint density at radius 3 is 2.59 bits per heavy atom. The number of aromatic nitrogens is 5. The second-order valence-electron chi connectivity index (χ2n) is 9.38. The van der Waals surface area contributed by atoms with Crippen LogP contribution in [0, 0.1) is 0 Å². The summed E-state index contributed by atoms with van der Waals surface area (Å²) in [5, 5.41) is 4.43. The minimum Gasteiger partial charge on any atom is -0.368 e. The van der Waals surface area contributed by atoms with Gasteiger partial charge in [0.15, 0.2) is 0 Å². The Bertz CT molecular complexity index is 1710. The maximum atomic E-state index is 13.9. The van der Waals surface area contributed by atoms with Gasteiger partial charge in [-0.15, -0.1) is 11.3 Å². The number of nitrogens with two attached hydrogens (primary N) is 1. The van der Waals surface area contributed by atoms with Gasteiger partial charge in [-0.3, -0.25) is 9.36 Å².